The Morgan fingerprint density at radius 1 is 0.917 bits per heavy atom. The summed E-state index contributed by atoms with van der Waals surface area (Å²) >= 11 is 0. The second-order valence-electron chi connectivity index (χ2n) is 9.45. The highest BCUT2D eigenvalue weighted by atomic mass is 16.7. The highest BCUT2D eigenvalue weighted by Gasteiger charge is 2.42. The van der Waals surface area contributed by atoms with Crippen molar-refractivity contribution in [2.24, 2.45) is 5.11 Å². The van der Waals surface area contributed by atoms with E-state index in [2.05, 4.69) is 35.1 Å². The molecular formula is C28H39N3O5. The molecule has 2 aromatic rings. The normalized spacial score (nSPS) is 18.6. The van der Waals surface area contributed by atoms with E-state index in [9.17, 15) is 0 Å². The van der Waals surface area contributed by atoms with Crippen molar-refractivity contribution in [3.63, 3.8) is 0 Å². The fourth-order valence-electron chi connectivity index (χ4n) is 4.92. The molecule has 2 atom stereocenters. The third-order valence-corrected chi connectivity index (χ3v) is 6.92. The number of rotatable bonds is 16. The fraction of sp³-hybridized carbons (Fsp3) is 0.571. The Balaban J connectivity index is 1.72. The van der Waals surface area contributed by atoms with Gasteiger partial charge in [-0.15, -0.1) is 0 Å². The molecule has 36 heavy (non-hydrogen) atoms. The van der Waals surface area contributed by atoms with Crippen LogP contribution in [0.2, 0.25) is 0 Å². The summed E-state index contributed by atoms with van der Waals surface area (Å²) in [5, 5.41) is 3.61. The lowest BCUT2D eigenvalue weighted by atomic mass is 9.66. The van der Waals surface area contributed by atoms with Crippen molar-refractivity contribution in [2.45, 2.75) is 63.2 Å². The van der Waals surface area contributed by atoms with Crippen molar-refractivity contribution in [1.29, 1.82) is 0 Å². The highest BCUT2D eigenvalue weighted by Crippen LogP contribution is 2.50. The number of benzene rings is 2. The molecule has 2 aromatic carbocycles. The van der Waals surface area contributed by atoms with Gasteiger partial charge in [-0.2, -0.15) is 0 Å². The quantitative estimate of drug-likeness (QED) is 0.0808. The maximum Gasteiger partial charge on any atom is 0.188 e. The minimum absolute atomic E-state index is 0.170. The molecule has 1 aliphatic rings. The van der Waals surface area contributed by atoms with E-state index in [1.54, 1.807) is 14.2 Å². The smallest absolute Gasteiger partial charge is 0.188 e. The number of hydrogen-bond acceptors (Lipinski definition) is 6. The zero-order valence-electron chi connectivity index (χ0n) is 21.8. The van der Waals surface area contributed by atoms with E-state index in [0.29, 0.717) is 19.1 Å². The largest absolute Gasteiger partial charge is 0.492 e. The first-order valence-electron chi connectivity index (χ1n) is 12.7. The Morgan fingerprint density at radius 2 is 1.56 bits per heavy atom. The highest BCUT2D eigenvalue weighted by molar-refractivity contribution is 5.48. The van der Waals surface area contributed by atoms with Gasteiger partial charge in [-0.1, -0.05) is 62.3 Å². The van der Waals surface area contributed by atoms with Crippen LogP contribution in [0.15, 0.2) is 47.6 Å². The molecule has 0 aromatic heterocycles. The zero-order chi connectivity index (χ0) is 25.6. The van der Waals surface area contributed by atoms with Crippen LogP contribution in [0.25, 0.3) is 10.4 Å². The van der Waals surface area contributed by atoms with E-state index in [1.807, 2.05) is 24.3 Å². The molecule has 0 saturated carbocycles. The molecule has 196 valence electrons. The van der Waals surface area contributed by atoms with Crippen molar-refractivity contribution >= 4 is 0 Å². The van der Waals surface area contributed by atoms with E-state index < -0.39 is 0 Å². The Kier molecular flexibility index (Phi) is 11.2. The van der Waals surface area contributed by atoms with Gasteiger partial charge < -0.3 is 23.7 Å². The van der Waals surface area contributed by atoms with Gasteiger partial charge in [-0.05, 0) is 47.7 Å². The number of unbranched alkanes of at least 4 members (excludes halogenated alkanes) is 5. The van der Waals surface area contributed by atoms with Gasteiger partial charge >= 0.3 is 0 Å². The van der Waals surface area contributed by atoms with Crippen LogP contribution in [0.3, 0.4) is 0 Å². The molecule has 0 aliphatic carbocycles. The number of nitrogens with zero attached hydrogens (tertiary/aromatic N) is 3. The van der Waals surface area contributed by atoms with Crippen LogP contribution >= 0.6 is 0 Å². The second-order valence-corrected chi connectivity index (χ2v) is 9.45. The van der Waals surface area contributed by atoms with E-state index in [-0.39, 0.29) is 19.0 Å². The van der Waals surface area contributed by atoms with Crippen LogP contribution in [-0.2, 0) is 14.9 Å². The Morgan fingerprint density at radius 3 is 2.25 bits per heavy atom. The summed E-state index contributed by atoms with van der Waals surface area (Å²) in [4.78, 5) is 2.82. The molecule has 2 unspecified atom stereocenters. The van der Waals surface area contributed by atoms with Crippen LogP contribution in [0.1, 0.15) is 68.9 Å². The van der Waals surface area contributed by atoms with Gasteiger partial charge in [0.05, 0.1) is 6.61 Å². The molecule has 8 nitrogen and oxygen atoms in total. The summed E-state index contributed by atoms with van der Waals surface area (Å²) in [5.41, 5.74) is 10.7. The van der Waals surface area contributed by atoms with Crippen LogP contribution in [0.5, 0.6) is 17.2 Å². The van der Waals surface area contributed by atoms with E-state index in [0.717, 1.165) is 42.9 Å². The topological polar surface area (TPSA) is 94.9 Å². The molecule has 0 amide bonds. The summed E-state index contributed by atoms with van der Waals surface area (Å²) in [6.07, 6.45) is 7.84. The third kappa shape index (κ3) is 7.53. The summed E-state index contributed by atoms with van der Waals surface area (Å²) in [6, 6.07) is 14.4. The molecule has 0 fully saturated rings. The Bertz CT molecular complexity index is 978. The van der Waals surface area contributed by atoms with Crippen molar-refractivity contribution in [1.82, 2.24) is 0 Å². The molecule has 3 rings (SSSR count). The molecule has 8 heteroatoms. The average Bonchev–Trinajstić information content (AvgIpc) is 2.91. The lowest BCUT2D eigenvalue weighted by Gasteiger charge is -2.43. The summed E-state index contributed by atoms with van der Waals surface area (Å²) in [6.45, 7) is 3.93. The van der Waals surface area contributed by atoms with E-state index in [4.69, 9.17) is 29.2 Å². The van der Waals surface area contributed by atoms with E-state index in [1.165, 1.54) is 30.4 Å². The van der Waals surface area contributed by atoms with E-state index >= 15 is 0 Å². The van der Waals surface area contributed by atoms with Gasteiger partial charge in [0, 0.05) is 43.1 Å². The van der Waals surface area contributed by atoms with Gasteiger partial charge in [0.25, 0.3) is 0 Å². The number of azide groups is 1. The van der Waals surface area contributed by atoms with Gasteiger partial charge in [0.15, 0.2) is 13.6 Å². The molecule has 1 aliphatic heterocycles. The number of fused-ring (bicyclic) bond motifs is 1. The first kappa shape index (κ1) is 27.7. The molecule has 0 spiro atoms. The minimum Gasteiger partial charge on any atom is -0.492 e. The van der Waals surface area contributed by atoms with Gasteiger partial charge in [0.1, 0.15) is 17.2 Å². The number of methoxy groups -OCH3 is 2. The molecule has 0 bridgehead atoms. The Hall–Kier alpha value is -2.93. The molecule has 0 radical (unpaired) electrons. The average molecular weight is 498 g/mol. The van der Waals surface area contributed by atoms with Gasteiger partial charge in [0.2, 0.25) is 0 Å². The van der Waals surface area contributed by atoms with Crippen molar-refractivity contribution in [2.75, 3.05) is 41.0 Å². The molecule has 0 saturated heterocycles. The number of hydrogen-bond donors (Lipinski definition) is 0. The third-order valence-electron chi connectivity index (χ3n) is 6.92. The second kappa shape index (κ2) is 14.6. The summed E-state index contributed by atoms with van der Waals surface area (Å²) in [5.74, 6) is 2.74. The van der Waals surface area contributed by atoms with Crippen molar-refractivity contribution in [3.05, 3.63) is 64.0 Å². The standard InChI is InChI=1S/C28H39N3O5/c1-28(22-11-13-23(14-12-22)35-20-32-2)19-34-27-18-24(36-21-33-3)15-16-25(27)26(28)10-8-6-4-5-7-9-17-30-31-29/h11-16,18,26H,4-10,17,19-21H2,1-3H3. The van der Waals surface area contributed by atoms with Crippen LogP contribution in [-0.4, -0.2) is 41.0 Å². The molecule has 1 heterocycles. The first-order chi connectivity index (χ1) is 17.6. The predicted molar refractivity (Wildman–Crippen MR) is 140 cm³/mol. The fourth-order valence-corrected chi connectivity index (χ4v) is 4.92. The van der Waals surface area contributed by atoms with Crippen molar-refractivity contribution in [3.8, 4) is 17.2 Å². The van der Waals surface area contributed by atoms with Crippen LogP contribution < -0.4 is 14.2 Å². The molecular weight excluding hydrogens is 458 g/mol. The summed E-state index contributed by atoms with van der Waals surface area (Å²) < 4.78 is 27.6. The van der Waals surface area contributed by atoms with Crippen LogP contribution in [0.4, 0.5) is 0 Å². The zero-order valence-corrected chi connectivity index (χ0v) is 21.8. The van der Waals surface area contributed by atoms with Crippen LogP contribution in [0, 0.1) is 0 Å². The van der Waals surface area contributed by atoms with Gasteiger partial charge in [-0.25, -0.2) is 0 Å². The molecule has 0 N–H and O–H groups in total. The monoisotopic (exact) mass is 497 g/mol. The van der Waals surface area contributed by atoms with Crippen molar-refractivity contribution < 1.29 is 23.7 Å². The lowest BCUT2D eigenvalue weighted by Crippen LogP contribution is -2.40. The maximum atomic E-state index is 8.38. The van der Waals surface area contributed by atoms with Gasteiger partial charge in [-0.3, -0.25) is 0 Å². The number of ether oxygens (including phenoxy) is 5. The summed E-state index contributed by atoms with van der Waals surface area (Å²) in [7, 11) is 3.23. The SMILES string of the molecule is COCOc1ccc(C2(C)COc3cc(OCOC)ccc3C2CCCCCCCCN=[N+]=[N-])cc1. The lowest BCUT2D eigenvalue weighted by molar-refractivity contribution is 0.0505. The Labute approximate surface area is 214 Å². The minimum atomic E-state index is -0.170. The first-order valence-corrected chi connectivity index (χ1v) is 12.7. The maximum absolute atomic E-state index is 8.38. The predicted octanol–water partition coefficient (Wildman–Crippen LogP) is 7.13.